The Bertz CT molecular complexity index is 359. The number of ether oxygens (including phenoxy) is 1. The van der Waals surface area contributed by atoms with Gasteiger partial charge in [-0.15, -0.1) is 0 Å². The second kappa shape index (κ2) is 7.64. The van der Waals surface area contributed by atoms with Crippen molar-refractivity contribution in [3.63, 3.8) is 0 Å². The molecule has 0 radical (unpaired) electrons. The first-order chi connectivity index (χ1) is 9.74. The molecule has 1 rings (SSSR count). The summed E-state index contributed by atoms with van der Waals surface area (Å²) in [7, 11) is 2.98. The van der Waals surface area contributed by atoms with E-state index in [-0.39, 0.29) is 11.8 Å². The highest BCUT2D eigenvalue weighted by Crippen LogP contribution is 2.27. The predicted octanol–water partition coefficient (Wildman–Crippen LogP) is 2.48. The molecule has 0 bridgehead atoms. The van der Waals surface area contributed by atoms with Gasteiger partial charge in [-0.05, 0) is 39.5 Å². The third-order valence-corrected chi connectivity index (χ3v) is 3.64. The minimum Gasteiger partial charge on any atom is -0.444 e. The van der Waals surface area contributed by atoms with E-state index < -0.39 is 17.7 Å². The van der Waals surface area contributed by atoms with Crippen LogP contribution in [0.4, 0.5) is 4.79 Å². The number of nitrogens with one attached hydrogen (secondary N) is 1. The summed E-state index contributed by atoms with van der Waals surface area (Å²) in [5.74, 6) is -0.105. The zero-order valence-corrected chi connectivity index (χ0v) is 13.8. The van der Waals surface area contributed by atoms with Crippen LogP contribution in [0.25, 0.3) is 0 Å². The van der Waals surface area contributed by atoms with Gasteiger partial charge in [0.15, 0.2) is 0 Å². The monoisotopic (exact) mass is 300 g/mol. The van der Waals surface area contributed by atoms with Crippen LogP contribution >= 0.6 is 0 Å². The normalized spacial score (nSPS) is 18.0. The van der Waals surface area contributed by atoms with E-state index in [1.807, 2.05) is 0 Å². The first-order valence-corrected chi connectivity index (χ1v) is 7.56. The Morgan fingerprint density at radius 2 is 1.76 bits per heavy atom. The molecule has 122 valence electrons. The van der Waals surface area contributed by atoms with Gasteiger partial charge in [-0.2, -0.15) is 0 Å². The summed E-state index contributed by atoms with van der Waals surface area (Å²) in [6.07, 6.45) is 4.66. The van der Waals surface area contributed by atoms with Crippen molar-refractivity contribution in [3.05, 3.63) is 0 Å². The molecule has 21 heavy (non-hydrogen) atoms. The quantitative estimate of drug-likeness (QED) is 0.810. The number of hydrogen-bond donors (Lipinski definition) is 1. The highest BCUT2D eigenvalue weighted by molar-refractivity contribution is 5.85. The third-order valence-electron chi connectivity index (χ3n) is 3.64. The summed E-state index contributed by atoms with van der Waals surface area (Å²) in [6, 6.07) is -0.593. The smallest absolute Gasteiger partial charge is 0.408 e. The standard InChI is InChI=1S/C15H28N2O4/c1-15(2,3)21-14(19)16-12(13(18)17(4)20-5)11-9-7-6-8-10-11/h11-12H,6-10H2,1-5H3,(H,16,19)/t12-/m0/s1. The van der Waals surface area contributed by atoms with Crippen LogP contribution < -0.4 is 5.32 Å². The van der Waals surface area contributed by atoms with E-state index in [2.05, 4.69) is 5.32 Å². The van der Waals surface area contributed by atoms with Crippen molar-refractivity contribution in [2.24, 2.45) is 5.92 Å². The molecule has 0 heterocycles. The van der Waals surface area contributed by atoms with Crippen molar-refractivity contribution in [2.75, 3.05) is 14.2 Å². The fourth-order valence-corrected chi connectivity index (χ4v) is 2.57. The fraction of sp³-hybridized carbons (Fsp3) is 0.867. The number of hydrogen-bond acceptors (Lipinski definition) is 4. The summed E-state index contributed by atoms with van der Waals surface area (Å²) in [4.78, 5) is 29.3. The Morgan fingerprint density at radius 1 is 1.19 bits per heavy atom. The van der Waals surface area contributed by atoms with E-state index in [4.69, 9.17) is 9.57 Å². The Morgan fingerprint density at radius 3 is 2.24 bits per heavy atom. The van der Waals surface area contributed by atoms with E-state index in [1.165, 1.54) is 13.5 Å². The van der Waals surface area contributed by atoms with Gasteiger partial charge < -0.3 is 10.1 Å². The molecule has 0 aliphatic heterocycles. The molecule has 1 saturated carbocycles. The first kappa shape index (κ1) is 17.8. The average Bonchev–Trinajstić information content (AvgIpc) is 2.42. The molecule has 1 aliphatic rings. The summed E-state index contributed by atoms with van der Waals surface area (Å²) in [5.41, 5.74) is -0.586. The van der Waals surface area contributed by atoms with Gasteiger partial charge >= 0.3 is 6.09 Å². The van der Waals surface area contributed by atoms with Gasteiger partial charge in [-0.1, -0.05) is 19.3 Å². The molecule has 1 aliphatic carbocycles. The van der Waals surface area contributed by atoms with E-state index in [0.29, 0.717) is 0 Å². The molecule has 0 unspecified atom stereocenters. The van der Waals surface area contributed by atoms with Crippen molar-refractivity contribution < 1.29 is 19.2 Å². The van der Waals surface area contributed by atoms with E-state index in [9.17, 15) is 9.59 Å². The highest BCUT2D eigenvalue weighted by Gasteiger charge is 2.34. The van der Waals surface area contributed by atoms with Gasteiger partial charge in [-0.3, -0.25) is 9.63 Å². The van der Waals surface area contributed by atoms with Crippen LogP contribution in [0.1, 0.15) is 52.9 Å². The number of carbonyl (C=O) groups excluding carboxylic acids is 2. The molecule has 0 aromatic heterocycles. The number of rotatable bonds is 4. The topological polar surface area (TPSA) is 67.9 Å². The maximum Gasteiger partial charge on any atom is 0.408 e. The lowest BCUT2D eigenvalue weighted by Crippen LogP contribution is -2.52. The largest absolute Gasteiger partial charge is 0.444 e. The van der Waals surface area contributed by atoms with Crippen LogP contribution in [0.3, 0.4) is 0 Å². The lowest BCUT2D eigenvalue weighted by Gasteiger charge is -2.32. The highest BCUT2D eigenvalue weighted by atomic mass is 16.7. The van der Waals surface area contributed by atoms with Crippen molar-refractivity contribution in [1.29, 1.82) is 0 Å². The molecule has 0 saturated heterocycles. The number of likely N-dealkylation sites (N-methyl/N-ethyl adjacent to an activating group) is 1. The molecule has 2 amide bonds. The molecular formula is C15H28N2O4. The first-order valence-electron chi connectivity index (χ1n) is 7.56. The lowest BCUT2D eigenvalue weighted by atomic mass is 9.83. The van der Waals surface area contributed by atoms with E-state index in [1.54, 1.807) is 27.8 Å². The molecule has 0 spiro atoms. The minimum absolute atomic E-state index is 0.136. The lowest BCUT2D eigenvalue weighted by molar-refractivity contribution is -0.172. The zero-order valence-electron chi connectivity index (χ0n) is 13.8. The van der Waals surface area contributed by atoms with Crippen LogP contribution in [0, 0.1) is 5.92 Å². The van der Waals surface area contributed by atoms with Crippen molar-refractivity contribution in [2.45, 2.75) is 64.5 Å². The molecule has 6 heteroatoms. The Labute approximate surface area is 127 Å². The third kappa shape index (κ3) is 5.91. The fourth-order valence-electron chi connectivity index (χ4n) is 2.57. The van der Waals surface area contributed by atoms with Gasteiger partial charge in [0, 0.05) is 7.05 Å². The summed E-state index contributed by atoms with van der Waals surface area (Å²) < 4.78 is 5.26. The van der Waals surface area contributed by atoms with Crippen LogP contribution in [0.2, 0.25) is 0 Å². The summed E-state index contributed by atoms with van der Waals surface area (Å²) in [6.45, 7) is 5.39. The Kier molecular flexibility index (Phi) is 6.45. The van der Waals surface area contributed by atoms with Gasteiger partial charge in [0.2, 0.25) is 0 Å². The molecule has 0 aromatic rings. The average molecular weight is 300 g/mol. The molecule has 1 fully saturated rings. The van der Waals surface area contributed by atoms with Crippen LogP contribution in [0.5, 0.6) is 0 Å². The predicted molar refractivity (Wildman–Crippen MR) is 79.5 cm³/mol. The summed E-state index contributed by atoms with van der Waals surface area (Å²) >= 11 is 0. The number of nitrogens with zero attached hydrogens (tertiary/aromatic N) is 1. The number of hydroxylamine groups is 2. The van der Waals surface area contributed by atoms with Gasteiger partial charge in [-0.25, -0.2) is 9.86 Å². The van der Waals surface area contributed by atoms with Crippen molar-refractivity contribution in [3.8, 4) is 0 Å². The van der Waals surface area contributed by atoms with Gasteiger partial charge in [0.05, 0.1) is 7.11 Å². The molecule has 0 aromatic carbocycles. The van der Waals surface area contributed by atoms with Crippen LogP contribution in [-0.2, 0) is 14.4 Å². The van der Waals surface area contributed by atoms with E-state index in [0.717, 1.165) is 30.7 Å². The molecule has 1 N–H and O–H groups in total. The van der Waals surface area contributed by atoms with Gasteiger partial charge in [0.25, 0.3) is 5.91 Å². The maximum atomic E-state index is 12.4. The summed E-state index contributed by atoms with van der Waals surface area (Å²) in [5, 5.41) is 3.89. The second-order valence-corrected chi connectivity index (χ2v) is 6.54. The van der Waals surface area contributed by atoms with Gasteiger partial charge in [0.1, 0.15) is 11.6 Å². The number of alkyl carbamates (subject to hydrolysis) is 1. The van der Waals surface area contributed by atoms with Crippen molar-refractivity contribution in [1.82, 2.24) is 10.4 Å². The van der Waals surface area contributed by atoms with Crippen LogP contribution in [-0.4, -0.2) is 42.9 Å². The SMILES string of the molecule is CON(C)C(=O)[C@@H](NC(=O)OC(C)(C)C)C1CCCCC1. The maximum absolute atomic E-state index is 12.4. The van der Waals surface area contributed by atoms with Crippen LogP contribution in [0.15, 0.2) is 0 Å². The second-order valence-electron chi connectivity index (χ2n) is 6.54. The zero-order chi connectivity index (χ0) is 16.0. The molecule has 6 nitrogen and oxygen atoms in total. The Balaban J connectivity index is 2.76. The van der Waals surface area contributed by atoms with Crippen molar-refractivity contribution >= 4 is 12.0 Å². The molecule has 1 atom stereocenters. The number of carbonyl (C=O) groups is 2. The Hall–Kier alpha value is -1.30. The number of amides is 2. The minimum atomic E-state index is -0.593. The molecular weight excluding hydrogens is 272 g/mol. The van der Waals surface area contributed by atoms with E-state index >= 15 is 0 Å².